The van der Waals surface area contributed by atoms with Crippen LogP contribution in [0.5, 0.6) is 0 Å². The highest BCUT2D eigenvalue weighted by molar-refractivity contribution is 5.86. The average Bonchev–Trinajstić information content (AvgIpc) is 2.36. The summed E-state index contributed by atoms with van der Waals surface area (Å²) in [5.74, 6) is -1.06. The van der Waals surface area contributed by atoms with Crippen LogP contribution in [-0.4, -0.2) is 17.3 Å². The third kappa shape index (κ3) is 6.07. The molecule has 0 fully saturated rings. The maximum absolute atomic E-state index is 10.9. The molecule has 0 unspecified atom stereocenters. The van der Waals surface area contributed by atoms with Gasteiger partial charge >= 0.3 is 5.97 Å². The first-order valence-electron chi connectivity index (χ1n) is 5.35. The largest absolute Gasteiger partial charge is 0.477 e. The van der Waals surface area contributed by atoms with Gasteiger partial charge in [0.2, 0.25) is 0 Å². The number of hydrogen-bond acceptors (Lipinski definition) is 3. The second-order valence-corrected chi connectivity index (χ2v) is 3.19. The van der Waals surface area contributed by atoms with Crippen molar-refractivity contribution in [2.45, 2.75) is 0 Å². The van der Waals surface area contributed by atoms with Crippen LogP contribution < -0.4 is 5.32 Å². The van der Waals surface area contributed by atoms with Crippen molar-refractivity contribution in [3.05, 3.63) is 72.8 Å². The van der Waals surface area contributed by atoms with E-state index in [1.807, 2.05) is 30.4 Å². The molecule has 0 radical (unpaired) electrons. The molecule has 2 N–H and O–H groups in total. The zero-order chi connectivity index (χ0) is 13.1. The quantitative estimate of drug-likeness (QED) is 0.741. The molecular weight excluding hydrogens is 228 g/mol. The zero-order valence-electron chi connectivity index (χ0n) is 9.73. The molecule has 0 saturated carbocycles. The molecule has 0 aliphatic carbocycles. The van der Waals surface area contributed by atoms with Gasteiger partial charge in [-0.2, -0.15) is 0 Å². The lowest BCUT2D eigenvalue weighted by Gasteiger charge is -1.98. The van der Waals surface area contributed by atoms with Gasteiger partial charge in [-0.3, -0.25) is 4.99 Å². The molecule has 1 heterocycles. The Morgan fingerprint density at radius 3 is 2.11 bits per heavy atom. The molecule has 0 aromatic rings. The van der Waals surface area contributed by atoms with Crippen LogP contribution >= 0.6 is 0 Å². The van der Waals surface area contributed by atoms with Gasteiger partial charge in [0.1, 0.15) is 5.70 Å². The van der Waals surface area contributed by atoms with Gasteiger partial charge in [-0.1, -0.05) is 42.5 Å². The molecule has 0 amide bonds. The van der Waals surface area contributed by atoms with Crippen LogP contribution in [0.2, 0.25) is 0 Å². The Kier molecular flexibility index (Phi) is 6.37. The fraction of sp³-hybridized carbons (Fsp3) is 0. The van der Waals surface area contributed by atoms with Gasteiger partial charge in [-0.05, 0) is 12.2 Å². The third-order valence-electron chi connectivity index (χ3n) is 1.83. The van der Waals surface area contributed by atoms with Crippen molar-refractivity contribution in [2.24, 2.45) is 4.99 Å². The number of nitrogens with one attached hydrogen (secondary N) is 1. The van der Waals surface area contributed by atoms with Gasteiger partial charge in [-0.25, -0.2) is 4.79 Å². The maximum atomic E-state index is 10.9. The summed E-state index contributed by atoms with van der Waals surface area (Å²) in [6.45, 7) is 0. The molecule has 0 bridgehead atoms. The van der Waals surface area contributed by atoms with Gasteiger partial charge < -0.3 is 10.4 Å². The van der Waals surface area contributed by atoms with Crippen molar-refractivity contribution < 1.29 is 9.90 Å². The predicted octanol–water partition coefficient (Wildman–Crippen LogP) is 2.32. The number of hydrogen-bond donors (Lipinski definition) is 2. The molecule has 0 spiro atoms. The molecule has 1 aliphatic rings. The van der Waals surface area contributed by atoms with Gasteiger partial charge in [-0.15, -0.1) is 0 Å². The lowest BCUT2D eigenvalue weighted by molar-refractivity contribution is -0.133. The number of allylic oxidation sites excluding steroid dienone is 9. The number of aliphatic imine (C=N–C) groups is 1. The first-order chi connectivity index (χ1) is 8.80. The molecule has 92 valence electrons. The Balaban J connectivity index is 2.86. The fourth-order valence-electron chi connectivity index (χ4n) is 1.01. The third-order valence-corrected chi connectivity index (χ3v) is 1.83. The fourth-order valence-corrected chi connectivity index (χ4v) is 1.01. The lowest BCUT2D eigenvalue weighted by atomic mass is 10.4. The van der Waals surface area contributed by atoms with E-state index in [0.717, 1.165) is 0 Å². The zero-order valence-corrected chi connectivity index (χ0v) is 9.73. The van der Waals surface area contributed by atoms with Crippen LogP contribution in [0.15, 0.2) is 77.8 Å². The summed E-state index contributed by atoms with van der Waals surface area (Å²) in [4.78, 5) is 14.7. The van der Waals surface area contributed by atoms with Crippen LogP contribution in [0.25, 0.3) is 0 Å². The smallest absolute Gasteiger partial charge is 0.353 e. The summed E-state index contributed by atoms with van der Waals surface area (Å²) in [5.41, 5.74) is 0.00487. The summed E-state index contributed by atoms with van der Waals surface area (Å²) in [6, 6.07) is 0. The molecule has 0 atom stereocenters. The molecule has 0 saturated heterocycles. The van der Waals surface area contributed by atoms with E-state index in [4.69, 9.17) is 5.11 Å². The molecule has 0 aromatic carbocycles. The van der Waals surface area contributed by atoms with Crippen molar-refractivity contribution in [1.29, 1.82) is 0 Å². The number of carbonyl (C=O) groups is 1. The Bertz CT molecular complexity index is 478. The van der Waals surface area contributed by atoms with Crippen LogP contribution in [0.3, 0.4) is 0 Å². The van der Waals surface area contributed by atoms with Crippen LogP contribution in [0, 0.1) is 0 Å². The average molecular weight is 242 g/mol. The van der Waals surface area contributed by atoms with Gasteiger partial charge in [0.15, 0.2) is 0 Å². The second-order valence-electron chi connectivity index (χ2n) is 3.19. The van der Waals surface area contributed by atoms with E-state index < -0.39 is 5.97 Å². The van der Waals surface area contributed by atoms with Crippen molar-refractivity contribution in [2.75, 3.05) is 0 Å². The molecule has 0 aromatic heterocycles. The number of carboxylic acid groups (broad SMARTS) is 1. The van der Waals surface area contributed by atoms with E-state index in [1.54, 1.807) is 24.3 Å². The number of rotatable bonds is 1. The molecule has 18 heavy (non-hydrogen) atoms. The van der Waals surface area contributed by atoms with Gasteiger partial charge in [0, 0.05) is 12.4 Å². The van der Waals surface area contributed by atoms with E-state index >= 15 is 0 Å². The monoisotopic (exact) mass is 242 g/mol. The minimum atomic E-state index is -1.06. The van der Waals surface area contributed by atoms with E-state index in [0.29, 0.717) is 0 Å². The van der Waals surface area contributed by atoms with Gasteiger partial charge in [0.05, 0.1) is 6.20 Å². The number of nitrogens with zero attached hydrogens (tertiary/aromatic N) is 1. The summed E-state index contributed by atoms with van der Waals surface area (Å²) >= 11 is 0. The second kappa shape index (κ2) is 8.52. The normalized spacial score (nSPS) is 29.2. The molecule has 1 rings (SSSR count). The van der Waals surface area contributed by atoms with Crippen molar-refractivity contribution in [3.63, 3.8) is 0 Å². The lowest BCUT2D eigenvalue weighted by Crippen LogP contribution is -2.14. The SMILES string of the molecule is O=C(O)/C1=C/N=C\C=C/C=C\C=C\C=C\C=C/N1. The van der Waals surface area contributed by atoms with E-state index in [-0.39, 0.29) is 5.70 Å². The minimum Gasteiger partial charge on any atom is -0.477 e. The van der Waals surface area contributed by atoms with E-state index in [9.17, 15) is 4.79 Å². The van der Waals surface area contributed by atoms with E-state index in [1.165, 1.54) is 18.6 Å². The Hall–Kier alpha value is -2.62. The predicted molar refractivity (Wildman–Crippen MR) is 73.0 cm³/mol. The molecule has 4 heteroatoms. The standard InChI is InChI=1S/C14H14N2O2/c17-14(18)13-12-15-10-8-6-4-2-1-3-5-7-9-11-16-13/h1-12,16H,(H,17,18)/b3-1+,4-2-,7-5+,8-6-,11-9-,13-12-,15-10-. The van der Waals surface area contributed by atoms with Crippen molar-refractivity contribution in [1.82, 2.24) is 5.32 Å². The summed E-state index contributed by atoms with van der Waals surface area (Å²) in [6.07, 6.45) is 20.6. The molecular formula is C14H14N2O2. The van der Waals surface area contributed by atoms with E-state index in [2.05, 4.69) is 10.3 Å². The number of aliphatic carboxylic acids is 1. The highest BCUT2D eigenvalue weighted by atomic mass is 16.4. The topological polar surface area (TPSA) is 61.7 Å². The Labute approximate surface area is 106 Å². The first-order valence-corrected chi connectivity index (χ1v) is 5.35. The first kappa shape index (κ1) is 13.4. The highest BCUT2D eigenvalue weighted by Crippen LogP contribution is 1.91. The summed E-state index contributed by atoms with van der Waals surface area (Å²) < 4.78 is 0. The summed E-state index contributed by atoms with van der Waals surface area (Å²) in [5, 5.41) is 11.5. The van der Waals surface area contributed by atoms with Gasteiger partial charge in [0.25, 0.3) is 0 Å². The molecule has 1 aliphatic heterocycles. The minimum absolute atomic E-state index is 0.00487. The van der Waals surface area contributed by atoms with Crippen LogP contribution in [0.1, 0.15) is 0 Å². The Morgan fingerprint density at radius 2 is 1.50 bits per heavy atom. The Morgan fingerprint density at radius 1 is 0.944 bits per heavy atom. The number of carboxylic acids is 1. The maximum Gasteiger partial charge on any atom is 0.353 e. The summed E-state index contributed by atoms with van der Waals surface area (Å²) in [7, 11) is 0. The molecule has 4 nitrogen and oxygen atoms in total. The van der Waals surface area contributed by atoms with Crippen LogP contribution in [-0.2, 0) is 4.79 Å². The van der Waals surface area contributed by atoms with Crippen molar-refractivity contribution in [3.8, 4) is 0 Å². The van der Waals surface area contributed by atoms with Crippen LogP contribution in [0.4, 0.5) is 0 Å². The van der Waals surface area contributed by atoms with Crippen molar-refractivity contribution >= 4 is 12.2 Å². The highest BCUT2D eigenvalue weighted by Gasteiger charge is 2.02.